The van der Waals surface area contributed by atoms with E-state index in [2.05, 4.69) is 20.2 Å². The molecule has 1 saturated heterocycles. The highest BCUT2D eigenvalue weighted by molar-refractivity contribution is 6.03. The number of carbonyl (C=O) groups is 1. The van der Waals surface area contributed by atoms with E-state index in [9.17, 15) is 4.79 Å². The molecular weight excluding hydrogens is 300 g/mol. The SMILES string of the molecule is O=C(N[C@H]1CCN(CC2CCCC2)C1)c1nccc2cccnc12. The summed E-state index contributed by atoms with van der Waals surface area (Å²) >= 11 is 0. The second kappa shape index (κ2) is 6.85. The lowest BCUT2D eigenvalue weighted by atomic mass is 10.1. The van der Waals surface area contributed by atoms with Crippen LogP contribution in [0.3, 0.4) is 0 Å². The number of aromatic nitrogens is 2. The number of pyridine rings is 2. The summed E-state index contributed by atoms with van der Waals surface area (Å²) in [5.41, 5.74) is 1.11. The minimum Gasteiger partial charge on any atom is -0.347 e. The predicted molar refractivity (Wildman–Crippen MR) is 93.8 cm³/mol. The average Bonchev–Trinajstić information content (AvgIpc) is 3.27. The molecule has 0 bridgehead atoms. The number of hydrogen-bond donors (Lipinski definition) is 1. The average molecular weight is 324 g/mol. The van der Waals surface area contributed by atoms with Gasteiger partial charge in [-0.3, -0.25) is 9.78 Å². The van der Waals surface area contributed by atoms with Crippen LogP contribution >= 0.6 is 0 Å². The van der Waals surface area contributed by atoms with Gasteiger partial charge in [0.1, 0.15) is 5.52 Å². The fourth-order valence-electron chi connectivity index (χ4n) is 4.10. The first-order valence-corrected chi connectivity index (χ1v) is 9.02. The van der Waals surface area contributed by atoms with Crippen LogP contribution in [-0.4, -0.2) is 46.5 Å². The molecule has 2 aromatic rings. The van der Waals surface area contributed by atoms with Crippen molar-refractivity contribution in [2.45, 2.75) is 38.1 Å². The Morgan fingerprint density at radius 3 is 2.92 bits per heavy atom. The lowest BCUT2D eigenvalue weighted by molar-refractivity contribution is 0.0934. The van der Waals surface area contributed by atoms with E-state index < -0.39 is 0 Å². The van der Waals surface area contributed by atoms with E-state index in [0.29, 0.717) is 11.2 Å². The molecule has 1 aliphatic carbocycles. The normalized spacial score (nSPS) is 22.2. The van der Waals surface area contributed by atoms with Crippen LogP contribution in [0.15, 0.2) is 30.6 Å². The van der Waals surface area contributed by atoms with Crippen LogP contribution in [0.25, 0.3) is 10.9 Å². The van der Waals surface area contributed by atoms with Gasteiger partial charge in [-0.15, -0.1) is 0 Å². The number of amides is 1. The third-order valence-electron chi connectivity index (χ3n) is 5.33. The van der Waals surface area contributed by atoms with Crippen molar-refractivity contribution in [3.05, 3.63) is 36.3 Å². The Bertz CT molecular complexity index is 721. The smallest absolute Gasteiger partial charge is 0.272 e. The Labute approximate surface area is 142 Å². The van der Waals surface area contributed by atoms with E-state index in [0.717, 1.165) is 30.8 Å². The van der Waals surface area contributed by atoms with Gasteiger partial charge in [-0.05, 0) is 37.3 Å². The monoisotopic (exact) mass is 324 g/mol. The molecule has 0 spiro atoms. The van der Waals surface area contributed by atoms with Gasteiger partial charge in [-0.25, -0.2) is 4.98 Å². The third-order valence-corrected chi connectivity index (χ3v) is 5.33. The molecule has 0 radical (unpaired) electrons. The van der Waals surface area contributed by atoms with E-state index in [4.69, 9.17) is 0 Å². The molecule has 1 saturated carbocycles. The zero-order chi connectivity index (χ0) is 16.4. The highest BCUT2D eigenvalue weighted by Crippen LogP contribution is 2.26. The van der Waals surface area contributed by atoms with E-state index >= 15 is 0 Å². The summed E-state index contributed by atoms with van der Waals surface area (Å²) in [6, 6.07) is 5.94. The zero-order valence-corrected chi connectivity index (χ0v) is 13.9. The summed E-state index contributed by atoms with van der Waals surface area (Å²) in [4.78, 5) is 23.7. The molecule has 4 rings (SSSR count). The van der Waals surface area contributed by atoms with Crippen molar-refractivity contribution >= 4 is 16.8 Å². The topological polar surface area (TPSA) is 58.1 Å². The number of carbonyl (C=O) groups excluding carboxylic acids is 1. The van der Waals surface area contributed by atoms with Crippen molar-refractivity contribution in [1.82, 2.24) is 20.2 Å². The van der Waals surface area contributed by atoms with Crippen molar-refractivity contribution in [2.24, 2.45) is 5.92 Å². The lowest BCUT2D eigenvalue weighted by Crippen LogP contribution is -2.38. The molecule has 0 unspecified atom stereocenters. The molecule has 1 atom stereocenters. The Morgan fingerprint density at radius 2 is 2.04 bits per heavy atom. The number of hydrogen-bond acceptors (Lipinski definition) is 4. The molecule has 5 nitrogen and oxygen atoms in total. The molecular formula is C19H24N4O. The summed E-state index contributed by atoms with van der Waals surface area (Å²) in [5, 5.41) is 4.11. The third kappa shape index (κ3) is 3.26. The maximum Gasteiger partial charge on any atom is 0.272 e. The van der Waals surface area contributed by atoms with Gasteiger partial charge >= 0.3 is 0 Å². The highest BCUT2D eigenvalue weighted by Gasteiger charge is 2.27. The molecule has 24 heavy (non-hydrogen) atoms. The zero-order valence-electron chi connectivity index (χ0n) is 13.9. The van der Waals surface area contributed by atoms with Crippen LogP contribution in [0, 0.1) is 5.92 Å². The van der Waals surface area contributed by atoms with E-state index in [-0.39, 0.29) is 11.9 Å². The second-order valence-electron chi connectivity index (χ2n) is 7.10. The molecule has 2 aliphatic rings. The number of likely N-dealkylation sites (tertiary alicyclic amines) is 1. The van der Waals surface area contributed by atoms with Gasteiger partial charge in [0, 0.05) is 43.5 Å². The van der Waals surface area contributed by atoms with Crippen LogP contribution < -0.4 is 5.32 Å². The van der Waals surface area contributed by atoms with Crippen LogP contribution in [-0.2, 0) is 0 Å². The maximum absolute atomic E-state index is 12.6. The molecule has 1 aliphatic heterocycles. The van der Waals surface area contributed by atoms with Gasteiger partial charge in [-0.2, -0.15) is 0 Å². The molecule has 2 fully saturated rings. The fourth-order valence-corrected chi connectivity index (χ4v) is 4.10. The first-order valence-electron chi connectivity index (χ1n) is 9.02. The van der Waals surface area contributed by atoms with Gasteiger partial charge < -0.3 is 10.2 Å². The van der Waals surface area contributed by atoms with Crippen molar-refractivity contribution < 1.29 is 4.79 Å². The molecule has 1 N–H and O–H groups in total. The molecule has 0 aromatic carbocycles. The van der Waals surface area contributed by atoms with Crippen molar-refractivity contribution in [3.8, 4) is 0 Å². The molecule has 3 heterocycles. The van der Waals surface area contributed by atoms with Crippen molar-refractivity contribution in [1.29, 1.82) is 0 Å². The van der Waals surface area contributed by atoms with Crippen molar-refractivity contribution in [2.75, 3.05) is 19.6 Å². The summed E-state index contributed by atoms with van der Waals surface area (Å²) in [6.07, 6.45) is 9.94. The Kier molecular flexibility index (Phi) is 4.43. The van der Waals surface area contributed by atoms with Gasteiger partial charge in [0.25, 0.3) is 5.91 Å². The van der Waals surface area contributed by atoms with Gasteiger partial charge in [0.15, 0.2) is 5.69 Å². The quantitative estimate of drug-likeness (QED) is 0.939. The second-order valence-corrected chi connectivity index (χ2v) is 7.10. The van der Waals surface area contributed by atoms with Crippen LogP contribution in [0.5, 0.6) is 0 Å². The fraction of sp³-hybridized carbons (Fsp3) is 0.526. The van der Waals surface area contributed by atoms with Crippen LogP contribution in [0.1, 0.15) is 42.6 Å². The van der Waals surface area contributed by atoms with E-state index in [1.165, 1.54) is 32.2 Å². The highest BCUT2D eigenvalue weighted by atomic mass is 16.2. The lowest BCUT2D eigenvalue weighted by Gasteiger charge is -2.20. The molecule has 1 amide bonds. The first kappa shape index (κ1) is 15.5. The van der Waals surface area contributed by atoms with Crippen LogP contribution in [0.4, 0.5) is 0 Å². The molecule has 126 valence electrons. The maximum atomic E-state index is 12.6. The van der Waals surface area contributed by atoms with Gasteiger partial charge in [0.05, 0.1) is 0 Å². The Hall–Kier alpha value is -2.01. The number of nitrogens with one attached hydrogen (secondary N) is 1. The first-order chi connectivity index (χ1) is 11.8. The van der Waals surface area contributed by atoms with Crippen LogP contribution in [0.2, 0.25) is 0 Å². The molecule has 2 aromatic heterocycles. The van der Waals surface area contributed by atoms with E-state index in [1.54, 1.807) is 12.4 Å². The summed E-state index contributed by atoms with van der Waals surface area (Å²) in [6.45, 7) is 3.24. The summed E-state index contributed by atoms with van der Waals surface area (Å²) < 4.78 is 0. The molecule has 5 heteroatoms. The minimum atomic E-state index is -0.105. The number of rotatable bonds is 4. The van der Waals surface area contributed by atoms with Gasteiger partial charge in [0.2, 0.25) is 0 Å². The Balaban J connectivity index is 1.39. The predicted octanol–water partition coefficient (Wildman–Crippen LogP) is 2.62. The summed E-state index contributed by atoms with van der Waals surface area (Å²) in [7, 11) is 0. The number of fused-ring (bicyclic) bond motifs is 1. The summed E-state index contributed by atoms with van der Waals surface area (Å²) in [5.74, 6) is 0.760. The van der Waals surface area contributed by atoms with Crippen molar-refractivity contribution in [3.63, 3.8) is 0 Å². The van der Waals surface area contributed by atoms with E-state index in [1.807, 2.05) is 18.2 Å². The largest absolute Gasteiger partial charge is 0.347 e. The minimum absolute atomic E-state index is 0.105. The standard InChI is InChI=1S/C19H24N4O/c24-19(18-17-15(7-10-21-18)6-3-9-20-17)22-16-8-11-23(13-16)12-14-4-1-2-5-14/h3,6-7,9-10,14,16H,1-2,4-5,8,11-13H2,(H,22,24)/t16-/m0/s1. The Morgan fingerprint density at radius 1 is 1.17 bits per heavy atom. The van der Waals surface area contributed by atoms with Gasteiger partial charge in [-0.1, -0.05) is 18.9 Å². The number of nitrogens with zero attached hydrogens (tertiary/aromatic N) is 3.